The molecule has 168 valence electrons. The van der Waals surface area contributed by atoms with Crippen molar-refractivity contribution in [3.63, 3.8) is 0 Å². The zero-order valence-corrected chi connectivity index (χ0v) is 18.9. The largest absolute Gasteiger partial charge is 0.508 e. The molecule has 1 aliphatic rings. The summed E-state index contributed by atoms with van der Waals surface area (Å²) >= 11 is 1.70. The summed E-state index contributed by atoms with van der Waals surface area (Å²) < 4.78 is 12.9. The van der Waals surface area contributed by atoms with Crippen molar-refractivity contribution in [1.82, 2.24) is 0 Å². The van der Waals surface area contributed by atoms with E-state index in [0.717, 1.165) is 32.9 Å². The molecule has 0 radical (unpaired) electrons. The standard InChI is InChI=1S/C26H29NO4S/c1-17-24(16-32-23-12-10-22(29)11-13-23)30-26(21-8-2-18(14-27)3-9-21)31-25(17)20-6-4-19(15-28)5-7-20/h2-13,17,24-26,28-29H,14-16,27H2,1H3. The fourth-order valence-electron chi connectivity index (χ4n) is 3.84. The Morgan fingerprint density at radius 3 is 2.09 bits per heavy atom. The zero-order valence-electron chi connectivity index (χ0n) is 18.1. The topological polar surface area (TPSA) is 84.9 Å². The lowest BCUT2D eigenvalue weighted by atomic mass is 9.91. The molecule has 4 rings (SSSR count). The van der Waals surface area contributed by atoms with E-state index in [0.29, 0.717) is 6.54 Å². The summed E-state index contributed by atoms with van der Waals surface area (Å²) in [5, 5.41) is 18.9. The summed E-state index contributed by atoms with van der Waals surface area (Å²) in [6.45, 7) is 2.67. The van der Waals surface area contributed by atoms with Crippen LogP contribution in [-0.4, -0.2) is 22.1 Å². The Labute approximate surface area is 193 Å². The third-order valence-corrected chi connectivity index (χ3v) is 6.96. The second-order valence-corrected chi connectivity index (χ2v) is 9.17. The number of thioether (sulfide) groups is 1. The molecule has 32 heavy (non-hydrogen) atoms. The van der Waals surface area contributed by atoms with Crippen molar-refractivity contribution in [2.45, 2.75) is 43.5 Å². The Bertz CT molecular complexity index is 992. The molecule has 0 bridgehead atoms. The number of hydrogen-bond donors (Lipinski definition) is 3. The van der Waals surface area contributed by atoms with Gasteiger partial charge in [-0.05, 0) is 41.0 Å². The summed E-state index contributed by atoms with van der Waals surface area (Å²) in [5.74, 6) is 1.15. The highest BCUT2D eigenvalue weighted by molar-refractivity contribution is 7.99. The number of aromatic hydroxyl groups is 1. The van der Waals surface area contributed by atoms with Gasteiger partial charge in [-0.1, -0.05) is 55.5 Å². The quantitative estimate of drug-likeness (QED) is 0.442. The molecular formula is C26H29NO4S. The smallest absolute Gasteiger partial charge is 0.184 e. The molecule has 4 unspecified atom stereocenters. The first-order valence-corrected chi connectivity index (χ1v) is 11.8. The van der Waals surface area contributed by atoms with E-state index < -0.39 is 6.29 Å². The first-order valence-electron chi connectivity index (χ1n) is 10.8. The van der Waals surface area contributed by atoms with E-state index >= 15 is 0 Å². The fraction of sp³-hybridized carbons (Fsp3) is 0.308. The monoisotopic (exact) mass is 451 g/mol. The van der Waals surface area contributed by atoms with Crippen LogP contribution in [0.2, 0.25) is 0 Å². The van der Waals surface area contributed by atoms with Crippen molar-refractivity contribution in [3.05, 3.63) is 95.1 Å². The molecule has 3 aromatic carbocycles. The maximum Gasteiger partial charge on any atom is 0.184 e. The lowest BCUT2D eigenvalue weighted by Crippen LogP contribution is -2.38. The summed E-state index contributed by atoms with van der Waals surface area (Å²) in [4.78, 5) is 1.08. The third kappa shape index (κ3) is 5.34. The number of rotatable bonds is 7. The summed E-state index contributed by atoms with van der Waals surface area (Å²) in [7, 11) is 0. The van der Waals surface area contributed by atoms with Crippen molar-refractivity contribution in [1.29, 1.82) is 0 Å². The van der Waals surface area contributed by atoms with Crippen molar-refractivity contribution in [3.8, 4) is 5.75 Å². The molecule has 0 saturated carbocycles. The van der Waals surface area contributed by atoms with Gasteiger partial charge in [0.1, 0.15) is 5.75 Å². The Morgan fingerprint density at radius 1 is 0.844 bits per heavy atom. The Hall–Kier alpha value is -2.35. The van der Waals surface area contributed by atoms with Crippen LogP contribution in [0.5, 0.6) is 5.75 Å². The van der Waals surface area contributed by atoms with Crippen LogP contribution >= 0.6 is 11.8 Å². The first kappa shape index (κ1) is 22.8. The molecule has 1 aliphatic heterocycles. The molecule has 4 atom stereocenters. The van der Waals surface area contributed by atoms with Crippen LogP contribution in [0, 0.1) is 5.92 Å². The number of ether oxygens (including phenoxy) is 2. The number of hydrogen-bond acceptors (Lipinski definition) is 6. The van der Waals surface area contributed by atoms with Gasteiger partial charge in [0.15, 0.2) is 6.29 Å². The van der Waals surface area contributed by atoms with Gasteiger partial charge < -0.3 is 25.4 Å². The second kappa shape index (κ2) is 10.5. The highest BCUT2D eigenvalue weighted by Crippen LogP contribution is 2.43. The molecule has 4 N–H and O–H groups in total. The van der Waals surface area contributed by atoms with Crippen molar-refractivity contribution < 1.29 is 19.7 Å². The Kier molecular flexibility index (Phi) is 7.50. The molecule has 3 aromatic rings. The molecule has 0 amide bonds. The average molecular weight is 452 g/mol. The van der Waals surface area contributed by atoms with Gasteiger partial charge in [0, 0.05) is 28.7 Å². The minimum atomic E-state index is -0.481. The number of aliphatic hydroxyl groups is 1. The van der Waals surface area contributed by atoms with Crippen molar-refractivity contribution in [2.75, 3.05) is 5.75 Å². The Balaban J connectivity index is 1.57. The van der Waals surface area contributed by atoms with Gasteiger partial charge in [-0.25, -0.2) is 0 Å². The van der Waals surface area contributed by atoms with Gasteiger partial charge in [-0.3, -0.25) is 0 Å². The highest BCUT2D eigenvalue weighted by atomic mass is 32.2. The van der Waals surface area contributed by atoms with Crippen molar-refractivity contribution >= 4 is 11.8 Å². The lowest BCUT2D eigenvalue weighted by Gasteiger charge is -2.41. The minimum absolute atomic E-state index is 0.0203. The summed E-state index contributed by atoms with van der Waals surface area (Å²) in [6, 6.07) is 23.2. The van der Waals surface area contributed by atoms with Crippen LogP contribution in [0.4, 0.5) is 0 Å². The van der Waals surface area contributed by atoms with Gasteiger partial charge in [0.05, 0.1) is 18.8 Å². The number of phenols is 1. The Morgan fingerprint density at radius 2 is 1.47 bits per heavy atom. The minimum Gasteiger partial charge on any atom is -0.508 e. The first-order chi connectivity index (χ1) is 15.6. The van der Waals surface area contributed by atoms with Crippen LogP contribution in [0.3, 0.4) is 0 Å². The number of aliphatic hydroxyl groups excluding tert-OH is 1. The number of phenolic OH excluding ortho intramolecular Hbond substituents is 1. The van der Waals surface area contributed by atoms with Crippen LogP contribution in [-0.2, 0) is 22.6 Å². The molecule has 1 heterocycles. The van der Waals surface area contributed by atoms with Gasteiger partial charge in [-0.2, -0.15) is 0 Å². The fourth-order valence-corrected chi connectivity index (χ4v) is 4.91. The van der Waals surface area contributed by atoms with Gasteiger partial charge >= 0.3 is 0 Å². The van der Waals surface area contributed by atoms with Crippen LogP contribution < -0.4 is 5.73 Å². The molecule has 1 saturated heterocycles. The predicted octanol–water partition coefficient (Wildman–Crippen LogP) is 4.93. The van der Waals surface area contributed by atoms with Gasteiger partial charge in [0.25, 0.3) is 0 Å². The number of benzene rings is 3. The predicted molar refractivity (Wildman–Crippen MR) is 126 cm³/mol. The normalized spacial score (nSPS) is 23.2. The molecular weight excluding hydrogens is 422 g/mol. The zero-order chi connectivity index (χ0) is 22.5. The molecule has 0 aliphatic carbocycles. The number of nitrogens with two attached hydrogens (primary N) is 1. The molecule has 6 heteroatoms. The second-order valence-electron chi connectivity index (χ2n) is 8.07. The SMILES string of the molecule is CC1C(CSc2ccc(O)cc2)OC(c2ccc(CN)cc2)OC1c1ccc(CO)cc1. The van der Waals surface area contributed by atoms with Gasteiger partial charge in [-0.15, -0.1) is 11.8 Å². The van der Waals surface area contributed by atoms with E-state index in [9.17, 15) is 10.2 Å². The third-order valence-electron chi connectivity index (χ3n) is 5.86. The van der Waals surface area contributed by atoms with E-state index in [1.165, 1.54) is 0 Å². The molecule has 0 aromatic heterocycles. The van der Waals surface area contributed by atoms with E-state index in [4.69, 9.17) is 15.2 Å². The van der Waals surface area contributed by atoms with Crippen molar-refractivity contribution in [2.24, 2.45) is 11.7 Å². The lowest BCUT2D eigenvalue weighted by molar-refractivity contribution is -0.268. The van der Waals surface area contributed by atoms with Crippen LogP contribution in [0.25, 0.3) is 0 Å². The van der Waals surface area contributed by atoms with E-state index in [2.05, 4.69) is 6.92 Å². The van der Waals surface area contributed by atoms with Gasteiger partial charge in [0.2, 0.25) is 0 Å². The molecule has 0 spiro atoms. The van der Waals surface area contributed by atoms with E-state index in [-0.39, 0.29) is 30.5 Å². The van der Waals surface area contributed by atoms with E-state index in [1.54, 1.807) is 23.9 Å². The molecule has 5 nitrogen and oxygen atoms in total. The summed E-state index contributed by atoms with van der Waals surface area (Å²) in [5.41, 5.74) is 9.72. The average Bonchev–Trinajstić information content (AvgIpc) is 2.84. The highest BCUT2D eigenvalue weighted by Gasteiger charge is 2.38. The maximum atomic E-state index is 9.54. The van der Waals surface area contributed by atoms with Crippen LogP contribution in [0.1, 0.15) is 41.6 Å². The maximum absolute atomic E-state index is 9.54. The molecule has 1 fully saturated rings. The van der Waals surface area contributed by atoms with Crippen LogP contribution in [0.15, 0.2) is 77.7 Å². The summed E-state index contributed by atoms with van der Waals surface area (Å²) in [6.07, 6.45) is -0.656. The van der Waals surface area contributed by atoms with E-state index in [1.807, 2.05) is 60.7 Å².